The van der Waals surface area contributed by atoms with E-state index in [4.69, 9.17) is 4.74 Å². The van der Waals surface area contributed by atoms with Crippen LogP contribution in [-0.2, 0) is 4.79 Å². The van der Waals surface area contributed by atoms with Crippen LogP contribution in [0, 0.1) is 0 Å². The summed E-state index contributed by atoms with van der Waals surface area (Å²) in [6.45, 7) is 1.70. The van der Waals surface area contributed by atoms with Gasteiger partial charge in [0.1, 0.15) is 5.75 Å². The van der Waals surface area contributed by atoms with Crippen molar-refractivity contribution in [2.75, 3.05) is 25.0 Å². The molecule has 1 saturated heterocycles. The van der Waals surface area contributed by atoms with Crippen molar-refractivity contribution < 1.29 is 14.3 Å². The van der Waals surface area contributed by atoms with Gasteiger partial charge >= 0.3 is 0 Å². The van der Waals surface area contributed by atoms with Gasteiger partial charge in [0.15, 0.2) is 6.61 Å². The summed E-state index contributed by atoms with van der Waals surface area (Å²) < 4.78 is 5.52. The lowest BCUT2D eigenvalue weighted by Crippen LogP contribution is -2.32. The van der Waals surface area contributed by atoms with E-state index in [0.717, 1.165) is 25.9 Å². The predicted molar refractivity (Wildman–Crippen MR) is 92.1 cm³/mol. The van der Waals surface area contributed by atoms with Gasteiger partial charge < -0.3 is 15.0 Å². The number of anilines is 1. The highest BCUT2D eigenvalue weighted by atomic mass is 16.5. The van der Waals surface area contributed by atoms with E-state index in [-0.39, 0.29) is 18.4 Å². The number of hydrogen-bond acceptors (Lipinski definition) is 3. The van der Waals surface area contributed by atoms with Gasteiger partial charge in [-0.25, -0.2) is 0 Å². The molecule has 5 nitrogen and oxygen atoms in total. The van der Waals surface area contributed by atoms with E-state index in [0.29, 0.717) is 17.0 Å². The van der Waals surface area contributed by atoms with Crippen LogP contribution < -0.4 is 10.1 Å². The lowest BCUT2D eigenvalue weighted by molar-refractivity contribution is -0.132. The van der Waals surface area contributed by atoms with Gasteiger partial charge in [0, 0.05) is 24.3 Å². The fourth-order valence-electron chi connectivity index (χ4n) is 2.63. The highest BCUT2D eigenvalue weighted by Crippen LogP contribution is 2.17. The third-order valence-corrected chi connectivity index (χ3v) is 3.97. The summed E-state index contributed by atoms with van der Waals surface area (Å²) in [6, 6.07) is 16.1. The molecule has 0 spiro atoms. The first-order valence-corrected chi connectivity index (χ1v) is 8.09. The number of nitrogens with one attached hydrogen (secondary N) is 1. The Morgan fingerprint density at radius 3 is 2.29 bits per heavy atom. The molecule has 0 radical (unpaired) electrons. The Morgan fingerprint density at radius 1 is 0.958 bits per heavy atom. The predicted octanol–water partition coefficient (Wildman–Crippen LogP) is 2.94. The van der Waals surface area contributed by atoms with Crippen LogP contribution in [0.25, 0.3) is 0 Å². The van der Waals surface area contributed by atoms with Crippen LogP contribution in [-0.4, -0.2) is 36.4 Å². The molecule has 5 heteroatoms. The average Bonchev–Trinajstić information content (AvgIpc) is 3.16. The first kappa shape index (κ1) is 16.1. The molecule has 0 atom stereocenters. The van der Waals surface area contributed by atoms with Crippen LogP contribution >= 0.6 is 0 Å². The fraction of sp³-hybridized carbons (Fsp3) is 0.263. The van der Waals surface area contributed by atoms with Gasteiger partial charge in [-0.3, -0.25) is 9.59 Å². The van der Waals surface area contributed by atoms with Crippen molar-refractivity contribution in [2.24, 2.45) is 0 Å². The topological polar surface area (TPSA) is 58.6 Å². The normalized spacial score (nSPS) is 13.6. The summed E-state index contributed by atoms with van der Waals surface area (Å²) in [7, 11) is 0. The van der Waals surface area contributed by atoms with Crippen LogP contribution in [0.1, 0.15) is 23.2 Å². The number of carbonyl (C=O) groups is 2. The molecule has 1 heterocycles. The standard InChI is InChI=1S/C19H20N2O3/c22-18(21-12-4-5-13-21)14-24-17-10-8-16(9-11-17)20-19(23)15-6-2-1-3-7-15/h1-3,6-11H,4-5,12-14H2,(H,20,23). The molecule has 1 aliphatic heterocycles. The molecule has 0 saturated carbocycles. The van der Waals surface area contributed by atoms with Crippen molar-refractivity contribution in [3.8, 4) is 5.75 Å². The Labute approximate surface area is 141 Å². The number of carbonyl (C=O) groups excluding carboxylic acids is 2. The number of nitrogens with zero attached hydrogens (tertiary/aromatic N) is 1. The van der Waals surface area contributed by atoms with Crippen LogP contribution in [0.4, 0.5) is 5.69 Å². The molecule has 0 bridgehead atoms. The molecule has 2 amide bonds. The molecule has 2 aromatic carbocycles. The van der Waals surface area contributed by atoms with Crippen molar-refractivity contribution >= 4 is 17.5 Å². The van der Waals surface area contributed by atoms with Gasteiger partial charge in [-0.15, -0.1) is 0 Å². The highest BCUT2D eigenvalue weighted by molar-refractivity contribution is 6.04. The molecule has 1 N–H and O–H groups in total. The molecule has 124 valence electrons. The average molecular weight is 324 g/mol. The van der Waals surface area contributed by atoms with Crippen LogP contribution in [0.3, 0.4) is 0 Å². The van der Waals surface area contributed by atoms with E-state index in [9.17, 15) is 9.59 Å². The number of benzene rings is 2. The second-order valence-corrected chi connectivity index (χ2v) is 5.72. The minimum Gasteiger partial charge on any atom is -0.484 e. The van der Waals surface area contributed by atoms with Crippen LogP contribution in [0.15, 0.2) is 54.6 Å². The van der Waals surface area contributed by atoms with E-state index >= 15 is 0 Å². The van der Waals surface area contributed by atoms with Crippen LogP contribution in [0.5, 0.6) is 5.75 Å². The third-order valence-electron chi connectivity index (χ3n) is 3.97. The number of amides is 2. The Bertz CT molecular complexity index is 692. The second-order valence-electron chi connectivity index (χ2n) is 5.72. The van der Waals surface area contributed by atoms with E-state index in [1.54, 1.807) is 36.4 Å². The SMILES string of the molecule is O=C(Nc1ccc(OCC(=O)N2CCCC2)cc1)c1ccccc1. The van der Waals surface area contributed by atoms with Crippen molar-refractivity contribution in [2.45, 2.75) is 12.8 Å². The summed E-state index contributed by atoms with van der Waals surface area (Å²) in [6.07, 6.45) is 2.14. The summed E-state index contributed by atoms with van der Waals surface area (Å²) >= 11 is 0. The van der Waals surface area contributed by atoms with E-state index in [2.05, 4.69) is 5.32 Å². The Hall–Kier alpha value is -2.82. The van der Waals surface area contributed by atoms with Gasteiger partial charge in [0.05, 0.1) is 0 Å². The largest absolute Gasteiger partial charge is 0.484 e. The summed E-state index contributed by atoms with van der Waals surface area (Å²) in [4.78, 5) is 25.8. The lowest BCUT2D eigenvalue weighted by atomic mass is 10.2. The molecule has 1 fully saturated rings. The lowest BCUT2D eigenvalue weighted by Gasteiger charge is -2.15. The van der Waals surface area contributed by atoms with Crippen molar-refractivity contribution in [1.29, 1.82) is 0 Å². The van der Waals surface area contributed by atoms with Gasteiger partial charge in [0.2, 0.25) is 0 Å². The molecule has 0 aliphatic carbocycles. The molecule has 0 aromatic heterocycles. The van der Waals surface area contributed by atoms with Gasteiger partial charge in [-0.05, 0) is 49.2 Å². The maximum Gasteiger partial charge on any atom is 0.260 e. The van der Waals surface area contributed by atoms with E-state index < -0.39 is 0 Å². The quantitative estimate of drug-likeness (QED) is 0.920. The summed E-state index contributed by atoms with van der Waals surface area (Å²) in [5.74, 6) is 0.475. The minimum atomic E-state index is -0.159. The number of rotatable bonds is 5. The molecule has 1 aliphatic rings. The molecular weight excluding hydrogens is 304 g/mol. The number of likely N-dealkylation sites (tertiary alicyclic amines) is 1. The molecule has 3 rings (SSSR count). The molecular formula is C19H20N2O3. The minimum absolute atomic E-state index is 0.0222. The maximum atomic E-state index is 12.1. The Morgan fingerprint density at radius 2 is 1.62 bits per heavy atom. The third kappa shape index (κ3) is 4.13. The van der Waals surface area contributed by atoms with Crippen molar-refractivity contribution in [1.82, 2.24) is 4.90 Å². The summed E-state index contributed by atoms with van der Waals surface area (Å²) in [5, 5.41) is 2.83. The smallest absolute Gasteiger partial charge is 0.260 e. The zero-order valence-corrected chi connectivity index (χ0v) is 13.4. The molecule has 0 unspecified atom stereocenters. The first-order valence-electron chi connectivity index (χ1n) is 8.09. The molecule has 24 heavy (non-hydrogen) atoms. The van der Waals surface area contributed by atoms with Crippen molar-refractivity contribution in [3.05, 3.63) is 60.2 Å². The monoisotopic (exact) mass is 324 g/mol. The zero-order chi connectivity index (χ0) is 16.8. The van der Waals surface area contributed by atoms with E-state index in [1.165, 1.54) is 0 Å². The van der Waals surface area contributed by atoms with Crippen LogP contribution in [0.2, 0.25) is 0 Å². The zero-order valence-electron chi connectivity index (χ0n) is 13.4. The number of ether oxygens (including phenoxy) is 1. The maximum absolute atomic E-state index is 12.1. The van der Waals surface area contributed by atoms with Crippen molar-refractivity contribution in [3.63, 3.8) is 0 Å². The fourth-order valence-corrected chi connectivity index (χ4v) is 2.63. The Kier molecular flexibility index (Phi) is 5.11. The number of hydrogen-bond donors (Lipinski definition) is 1. The second kappa shape index (κ2) is 7.64. The van der Waals surface area contributed by atoms with E-state index in [1.807, 2.05) is 23.1 Å². The Balaban J connectivity index is 1.51. The molecule has 2 aromatic rings. The van der Waals surface area contributed by atoms with Gasteiger partial charge in [-0.2, -0.15) is 0 Å². The van der Waals surface area contributed by atoms with Gasteiger partial charge in [-0.1, -0.05) is 18.2 Å². The van der Waals surface area contributed by atoms with Gasteiger partial charge in [0.25, 0.3) is 11.8 Å². The summed E-state index contributed by atoms with van der Waals surface area (Å²) in [5.41, 5.74) is 1.29. The highest BCUT2D eigenvalue weighted by Gasteiger charge is 2.18. The first-order chi connectivity index (χ1) is 11.7.